The van der Waals surface area contributed by atoms with Gasteiger partial charge in [-0.1, -0.05) is 11.6 Å². The molecule has 1 amide bonds. The summed E-state index contributed by atoms with van der Waals surface area (Å²) < 4.78 is 4.90. The van der Waals surface area contributed by atoms with Gasteiger partial charge in [-0.05, 0) is 37.2 Å². The molecule has 1 aromatic carbocycles. The Morgan fingerprint density at radius 2 is 2.16 bits per heavy atom. The van der Waals surface area contributed by atoms with E-state index in [0.717, 1.165) is 30.0 Å². The smallest absolute Gasteiger partial charge is 0.341 e. The van der Waals surface area contributed by atoms with Crippen LogP contribution in [0, 0.1) is 0 Å². The quantitative estimate of drug-likeness (QED) is 0.800. The topological polar surface area (TPSA) is 78.9 Å². The molecule has 0 aliphatic carbocycles. The summed E-state index contributed by atoms with van der Waals surface area (Å²) in [7, 11) is 3.34. The van der Waals surface area contributed by atoms with Gasteiger partial charge in [-0.15, -0.1) is 11.3 Å². The molecule has 132 valence electrons. The first-order valence-electron chi connectivity index (χ1n) is 7.62. The molecule has 3 rings (SSSR count). The third kappa shape index (κ3) is 3.49. The maximum absolute atomic E-state index is 12.5. The Morgan fingerprint density at radius 3 is 2.84 bits per heavy atom. The lowest BCUT2D eigenvalue weighted by molar-refractivity contribution is 0.0600. The normalized spacial score (nSPS) is 14.0. The molecule has 8 heteroatoms. The fraction of sp³-hybridized carbons (Fsp3) is 0.294. The van der Waals surface area contributed by atoms with Crippen molar-refractivity contribution >= 4 is 39.8 Å². The highest BCUT2D eigenvalue weighted by Gasteiger charge is 2.28. The van der Waals surface area contributed by atoms with Crippen molar-refractivity contribution in [2.45, 2.75) is 13.0 Å². The Labute approximate surface area is 154 Å². The van der Waals surface area contributed by atoms with Crippen LogP contribution in [0.4, 0.5) is 5.00 Å². The zero-order valence-electron chi connectivity index (χ0n) is 13.8. The number of likely N-dealkylation sites (N-methyl/N-ethyl adjacent to an activating group) is 1. The van der Waals surface area contributed by atoms with E-state index in [9.17, 15) is 14.7 Å². The fourth-order valence-electron chi connectivity index (χ4n) is 2.76. The number of nitrogens with zero attached hydrogens (tertiary/aromatic N) is 1. The summed E-state index contributed by atoms with van der Waals surface area (Å²) >= 11 is 7.24. The number of thiophene rings is 1. The molecule has 0 unspecified atom stereocenters. The first-order valence-corrected chi connectivity index (χ1v) is 8.81. The van der Waals surface area contributed by atoms with E-state index in [1.54, 1.807) is 0 Å². The number of carbonyl (C=O) groups excluding carboxylic acids is 2. The molecule has 2 aromatic rings. The molecule has 0 atom stereocenters. The van der Waals surface area contributed by atoms with Gasteiger partial charge in [0.2, 0.25) is 0 Å². The number of aromatic hydroxyl groups is 1. The number of hydrogen-bond donors (Lipinski definition) is 2. The summed E-state index contributed by atoms with van der Waals surface area (Å²) in [5.41, 5.74) is 1.66. The van der Waals surface area contributed by atoms with Gasteiger partial charge in [-0.25, -0.2) is 4.79 Å². The van der Waals surface area contributed by atoms with Gasteiger partial charge < -0.3 is 20.1 Å². The first-order chi connectivity index (χ1) is 11.9. The number of halogens is 1. The minimum atomic E-state index is -0.457. The van der Waals surface area contributed by atoms with Crippen molar-refractivity contribution < 1.29 is 19.4 Å². The number of fused-ring (bicyclic) bond motifs is 1. The van der Waals surface area contributed by atoms with Crippen LogP contribution in [0.15, 0.2) is 18.2 Å². The molecule has 1 aliphatic heterocycles. The number of hydrogen-bond acceptors (Lipinski definition) is 6. The Kier molecular flexibility index (Phi) is 4.99. The summed E-state index contributed by atoms with van der Waals surface area (Å²) in [6.45, 7) is 1.57. The fourth-order valence-corrected chi connectivity index (χ4v) is 4.25. The highest BCUT2D eigenvalue weighted by atomic mass is 35.5. The van der Waals surface area contributed by atoms with Crippen LogP contribution in [-0.2, 0) is 17.7 Å². The number of carbonyl (C=O) groups is 2. The average molecular weight is 381 g/mol. The van der Waals surface area contributed by atoms with Crippen molar-refractivity contribution in [1.82, 2.24) is 4.90 Å². The largest absolute Gasteiger partial charge is 0.506 e. The third-order valence-corrected chi connectivity index (χ3v) is 5.51. The molecule has 0 saturated carbocycles. The van der Waals surface area contributed by atoms with Gasteiger partial charge in [-0.2, -0.15) is 0 Å². The van der Waals surface area contributed by atoms with E-state index in [-0.39, 0.29) is 10.8 Å². The van der Waals surface area contributed by atoms with E-state index in [2.05, 4.69) is 10.2 Å². The van der Waals surface area contributed by atoms with Crippen molar-refractivity contribution in [2.24, 2.45) is 0 Å². The highest BCUT2D eigenvalue weighted by Crippen LogP contribution is 2.37. The lowest BCUT2D eigenvalue weighted by atomic mass is 10.0. The summed E-state index contributed by atoms with van der Waals surface area (Å²) in [6.07, 6.45) is 0.730. The van der Waals surface area contributed by atoms with E-state index in [1.807, 2.05) is 7.05 Å². The molecule has 1 aromatic heterocycles. The number of ether oxygens (including phenoxy) is 1. The zero-order valence-corrected chi connectivity index (χ0v) is 15.3. The summed E-state index contributed by atoms with van der Waals surface area (Å²) in [5.74, 6) is -0.955. The predicted octanol–water partition coefficient (Wildman–Crippen LogP) is 3.13. The van der Waals surface area contributed by atoms with Gasteiger partial charge in [-0.3, -0.25) is 4.79 Å². The SMILES string of the molecule is COC(=O)c1c(NC(=O)c2ccc(O)c(Cl)c2)sc2c1CCN(C)C2. The Hall–Kier alpha value is -2.09. The highest BCUT2D eigenvalue weighted by molar-refractivity contribution is 7.17. The Bertz CT molecular complexity index is 849. The first kappa shape index (κ1) is 17.7. The van der Waals surface area contributed by atoms with Gasteiger partial charge in [0.25, 0.3) is 5.91 Å². The summed E-state index contributed by atoms with van der Waals surface area (Å²) in [5, 5.41) is 12.8. The van der Waals surface area contributed by atoms with Crippen molar-refractivity contribution in [3.05, 3.63) is 44.8 Å². The predicted molar refractivity (Wildman–Crippen MR) is 96.8 cm³/mol. The van der Waals surface area contributed by atoms with Crippen LogP contribution in [0.5, 0.6) is 5.75 Å². The molecule has 0 fully saturated rings. The molecule has 1 aliphatic rings. The monoisotopic (exact) mass is 380 g/mol. The van der Waals surface area contributed by atoms with E-state index >= 15 is 0 Å². The van der Waals surface area contributed by atoms with Gasteiger partial charge in [0.15, 0.2) is 0 Å². The third-order valence-electron chi connectivity index (χ3n) is 4.07. The maximum Gasteiger partial charge on any atom is 0.341 e. The van der Waals surface area contributed by atoms with E-state index < -0.39 is 11.9 Å². The number of anilines is 1. The number of phenolic OH excluding ortho intramolecular Hbond substituents is 1. The second-order valence-electron chi connectivity index (χ2n) is 5.81. The zero-order chi connectivity index (χ0) is 18.1. The number of nitrogens with one attached hydrogen (secondary N) is 1. The number of rotatable bonds is 3. The number of phenols is 1. The minimum Gasteiger partial charge on any atom is -0.506 e. The lowest BCUT2D eigenvalue weighted by Crippen LogP contribution is -2.26. The molecule has 0 radical (unpaired) electrons. The Morgan fingerprint density at radius 1 is 1.40 bits per heavy atom. The molecule has 2 N–H and O–H groups in total. The van der Waals surface area contributed by atoms with Crippen molar-refractivity contribution in [2.75, 3.05) is 26.0 Å². The minimum absolute atomic E-state index is 0.0907. The standard InChI is InChI=1S/C17H17ClN2O4S/c1-20-6-5-10-13(8-20)25-16(14(10)17(23)24-2)19-15(22)9-3-4-12(21)11(18)7-9/h3-4,7,21H,5-6,8H2,1-2H3,(H,19,22). The van der Waals surface area contributed by atoms with Crippen LogP contribution < -0.4 is 5.32 Å². The summed E-state index contributed by atoms with van der Waals surface area (Å²) in [4.78, 5) is 27.9. The van der Waals surface area contributed by atoms with Crippen LogP contribution >= 0.6 is 22.9 Å². The van der Waals surface area contributed by atoms with Crippen LogP contribution in [-0.4, -0.2) is 42.6 Å². The van der Waals surface area contributed by atoms with Crippen LogP contribution in [0.1, 0.15) is 31.2 Å². The number of methoxy groups -OCH3 is 1. The summed E-state index contributed by atoms with van der Waals surface area (Å²) in [6, 6.07) is 4.20. The second-order valence-corrected chi connectivity index (χ2v) is 7.32. The van der Waals surface area contributed by atoms with Crippen molar-refractivity contribution in [3.8, 4) is 5.75 Å². The van der Waals surface area contributed by atoms with Crippen LogP contribution in [0.2, 0.25) is 5.02 Å². The number of benzene rings is 1. The van der Waals surface area contributed by atoms with E-state index in [1.165, 1.54) is 36.6 Å². The van der Waals surface area contributed by atoms with Crippen molar-refractivity contribution in [3.63, 3.8) is 0 Å². The molecular formula is C17H17ClN2O4S. The molecule has 0 saturated heterocycles. The van der Waals surface area contributed by atoms with Crippen LogP contribution in [0.3, 0.4) is 0 Å². The van der Waals surface area contributed by atoms with E-state index in [0.29, 0.717) is 16.1 Å². The van der Waals surface area contributed by atoms with Gasteiger partial charge >= 0.3 is 5.97 Å². The molecular weight excluding hydrogens is 364 g/mol. The number of amides is 1. The number of esters is 1. The van der Waals surface area contributed by atoms with Crippen LogP contribution in [0.25, 0.3) is 0 Å². The van der Waals surface area contributed by atoms with Gasteiger partial charge in [0.05, 0.1) is 17.7 Å². The Balaban J connectivity index is 1.95. The second kappa shape index (κ2) is 7.03. The molecule has 0 bridgehead atoms. The van der Waals surface area contributed by atoms with Gasteiger partial charge in [0.1, 0.15) is 10.8 Å². The molecule has 0 spiro atoms. The molecule has 2 heterocycles. The van der Waals surface area contributed by atoms with Gasteiger partial charge in [0, 0.05) is 23.5 Å². The molecule has 25 heavy (non-hydrogen) atoms. The molecule has 6 nitrogen and oxygen atoms in total. The van der Waals surface area contributed by atoms with Crippen molar-refractivity contribution in [1.29, 1.82) is 0 Å². The van der Waals surface area contributed by atoms with E-state index in [4.69, 9.17) is 16.3 Å². The maximum atomic E-state index is 12.5. The lowest BCUT2D eigenvalue weighted by Gasteiger charge is -2.22. The average Bonchev–Trinajstić information content (AvgIpc) is 2.93.